The van der Waals surface area contributed by atoms with Gasteiger partial charge < -0.3 is 9.47 Å². The van der Waals surface area contributed by atoms with Gasteiger partial charge in [-0.3, -0.25) is 0 Å². The summed E-state index contributed by atoms with van der Waals surface area (Å²) in [6.07, 6.45) is 0. The van der Waals surface area contributed by atoms with Crippen LogP contribution in [0.2, 0.25) is 0 Å². The molecule has 0 atom stereocenters. The van der Waals surface area contributed by atoms with Crippen LogP contribution in [0.25, 0.3) is 71.3 Å². The van der Waals surface area contributed by atoms with Gasteiger partial charge in [0.2, 0.25) is 0 Å². The summed E-state index contributed by atoms with van der Waals surface area (Å²) in [5.41, 5.74) is 11.7. The fraction of sp³-hybridized carbons (Fsp3) is 0. The van der Waals surface area contributed by atoms with Crippen LogP contribution in [0.3, 0.4) is 0 Å². The van der Waals surface area contributed by atoms with Crippen LogP contribution in [-0.4, -0.2) is 4.57 Å². The van der Waals surface area contributed by atoms with Gasteiger partial charge in [-0.1, -0.05) is 140 Å². The van der Waals surface area contributed by atoms with E-state index >= 15 is 0 Å². The van der Waals surface area contributed by atoms with Gasteiger partial charge in [0.15, 0.2) is 0 Å². The summed E-state index contributed by atoms with van der Waals surface area (Å²) in [5, 5.41) is 7.39. The van der Waals surface area contributed by atoms with E-state index in [1.54, 1.807) is 0 Å². The van der Waals surface area contributed by atoms with Crippen molar-refractivity contribution in [1.82, 2.24) is 4.57 Å². The highest BCUT2D eigenvalue weighted by molar-refractivity contribution is 6.11. The highest BCUT2D eigenvalue weighted by Gasteiger charge is 2.21. The third-order valence-electron chi connectivity index (χ3n) is 10.3. The Balaban J connectivity index is 1.17. The number of aromatic nitrogens is 1. The lowest BCUT2D eigenvalue weighted by Gasteiger charge is -2.28. The molecule has 0 N–H and O–H groups in total. The van der Waals surface area contributed by atoms with Crippen LogP contribution < -0.4 is 4.90 Å². The number of para-hydroxylation sites is 3. The summed E-state index contributed by atoms with van der Waals surface area (Å²) < 4.78 is 2.37. The maximum absolute atomic E-state index is 2.42. The summed E-state index contributed by atoms with van der Waals surface area (Å²) in [4.78, 5) is 2.42. The largest absolute Gasteiger partial charge is 0.310 e. The first-order chi connectivity index (χ1) is 25.8. The minimum absolute atomic E-state index is 1.11. The zero-order valence-corrected chi connectivity index (χ0v) is 28.5. The van der Waals surface area contributed by atoms with E-state index in [-0.39, 0.29) is 0 Å². The highest BCUT2D eigenvalue weighted by atomic mass is 15.1. The molecule has 2 nitrogen and oxygen atoms in total. The molecule has 10 rings (SSSR count). The van der Waals surface area contributed by atoms with Crippen LogP contribution in [0.15, 0.2) is 206 Å². The molecule has 0 saturated carbocycles. The summed E-state index contributed by atoms with van der Waals surface area (Å²) >= 11 is 0. The second-order valence-corrected chi connectivity index (χ2v) is 13.4. The molecular formula is C50H34N2. The molecule has 1 aromatic heterocycles. The third-order valence-corrected chi connectivity index (χ3v) is 10.3. The molecule has 1 heterocycles. The van der Waals surface area contributed by atoms with Crippen molar-refractivity contribution in [3.8, 4) is 27.9 Å². The quantitative estimate of drug-likeness (QED) is 0.172. The molecule has 0 aliphatic carbocycles. The zero-order chi connectivity index (χ0) is 34.4. The van der Waals surface area contributed by atoms with Crippen molar-refractivity contribution in [2.45, 2.75) is 0 Å². The van der Waals surface area contributed by atoms with Crippen molar-refractivity contribution in [2.75, 3.05) is 4.90 Å². The lowest BCUT2D eigenvalue weighted by atomic mass is 9.95. The van der Waals surface area contributed by atoms with E-state index in [1.807, 2.05) is 0 Å². The number of anilines is 3. The summed E-state index contributed by atoms with van der Waals surface area (Å²) in [6.45, 7) is 0. The summed E-state index contributed by atoms with van der Waals surface area (Å²) in [6, 6.07) is 74.8. The van der Waals surface area contributed by atoms with Gasteiger partial charge in [-0.15, -0.1) is 0 Å². The van der Waals surface area contributed by atoms with Crippen molar-refractivity contribution in [3.05, 3.63) is 206 Å². The standard InChI is InChI=1S/C50H34N2/c1-3-17-42(18-4-1)51(44-29-30-49-47(34-44)45-21-11-12-22-48(45)52(49)43-19-5-2-6-20-43)50-33-40-16-10-9-15-39(40)32-46(50)37-26-23-36(24-27-37)41-28-25-35-13-7-8-14-38(35)31-41/h1-34H. The Morgan fingerprint density at radius 3 is 1.67 bits per heavy atom. The average molecular weight is 663 g/mol. The molecule has 0 fully saturated rings. The number of rotatable bonds is 6. The number of nitrogens with zero attached hydrogens (tertiary/aromatic N) is 2. The molecule has 9 aromatic carbocycles. The predicted molar refractivity (Wildman–Crippen MR) is 221 cm³/mol. The number of fused-ring (bicyclic) bond motifs is 5. The predicted octanol–water partition coefficient (Wildman–Crippen LogP) is 13.9. The van der Waals surface area contributed by atoms with E-state index in [2.05, 4.69) is 216 Å². The van der Waals surface area contributed by atoms with Gasteiger partial charge in [0.05, 0.1) is 16.7 Å². The lowest BCUT2D eigenvalue weighted by Crippen LogP contribution is -2.11. The van der Waals surface area contributed by atoms with Gasteiger partial charge in [-0.25, -0.2) is 0 Å². The van der Waals surface area contributed by atoms with Gasteiger partial charge in [0.1, 0.15) is 0 Å². The van der Waals surface area contributed by atoms with Crippen molar-refractivity contribution in [2.24, 2.45) is 0 Å². The lowest BCUT2D eigenvalue weighted by molar-refractivity contribution is 1.18. The van der Waals surface area contributed by atoms with Crippen molar-refractivity contribution < 1.29 is 0 Å². The molecule has 0 bridgehead atoms. The molecule has 52 heavy (non-hydrogen) atoms. The third kappa shape index (κ3) is 5.12. The smallest absolute Gasteiger partial charge is 0.0546 e. The van der Waals surface area contributed by atoms with Crippen molar-refractivity contribution in [1.29, 1.82) is 0 Å². The normalized spacial score (nSPS) is 11.5. The Labute approximate surface area is 303 Å². The van der Waals surface area contributed by atoms with E-state index in [9.17, 15) is 0 Å². The molecule has 0 saturated heterocycles. The first kappa shape index (κ1) is 30.0. The van der Waals surface area contributed by atoms with Crippen LogP contribution in [0.4, 0.5) is 17.1 Å². The van der Waals surface area contributed by atoms with Crippen LogP contribution >= 0.6 is 0 Å². The van der Waals surface area contributed by atoms with Crippen LogP contribution in [0.1, 0.15) is 0 Å². The van der Waals surface area contributed by atoms with E-state index < -0.39 is 0 Å². The molecular weight excluding hydrogens is 629 g/mol. The van der Waals surface area contributed by atoms with Gasteiger partial charge >= 0.3 is 0 Å². The molecule has 0 radical (unpaired) electrons. The van der Waals surface area contributed by atoms with Crippen LogP contribution in [0.5, 0.6) is 0 Å². The van der Waals surface area contributed by atoms with E-state index in [0.29, 0.717) is 0 Å². The van der Waals surface area contributed by atoms with E-state index in [0.717, 1.165) is 22.7 Å². The minimum atomic E-state index is 1.11. The number of hydrogen-bond acceptors (Lipinski definition) is 1. The van der Waals surface area contributed by atoms with Crippen LogP contribution in [0, 0.1) is 0 Å². The fourth-order valence-electron chi connectivity index (χ4n) is 7.82. The average Bonchev–Trinajstić information content (AvgIpc) is 3.55. The minimum Gasteiger partial charge on any atom is -0.310 e. The second kappa shape index (κ2) is 12.5. The van der Waals surface area contributed by atoms with E-state index in [1.165, 1.54) is 65.6 Å². The molecule has 10 aromatic rings. The zero-order valence-electron chi connectivity index (χ0n) is 28.5. The Hall–Kier alpha value is -6.90. The van der Waals surface area contributed by atoms with E-state index in [4.69, 9.17) is 0 Å². The molecule has 0 aliphatic rings. The molecule has 0 unspecified atom stereocenters. The Morgan fingerprint density at radius 1 is 0.327 bits per heavy atom. The molecule has 244 valence electrons. The summed E-state index contributed by atoms with van der Waals surface area (Å²) in [5.74, 6) is 0. The van der Waals surface area contributed by atoms with Gasteiger partial charge in [0, 0.05) is 33.4 Å². The maximum atomic E-state index is 2.42. The van der Waals surface area contributed by atoms with Gasteiger partial charge in [-0.05, 0) is 105 Å². The molecule has 0 aliphatic heterocycles. The summed E-state index contributed by atoms with van der Waals surface area (Å²) in [7, 11) is 0. The van der Waals surface area contributed by atoms with Crippen LogP contribution in [-0.2, 0) is 0 Å². The number of benzene rings is 9. The number of hydrogen-bond donors (Lipinski definition) is 0. The topological polar surface area (TPSA) is 8.17 Å². The van der Waals surface area contributed by atoms with Crippen molar-refractivity contribution >= 4 is 60.4 Å². The molecule has 0 spiro atoms. The second-order valence-electron chi connectivity index (χ2n) is 13.4. The first-order valence-electron chi connectivity index (χ1n) is 17.8. The maximum Gasteiger partial charge on any atom is 0.0546 e. The fourth-order valence-corrected chi connectivity index (χ4v) is 7.82. The van der Waals surface area contributed by atoms with Gasteiger partial charge in [-0.2, -0.15) is 0 Å². The Bertz CT molecular complexity index is 2890. The SMILES string of the molecule is c1ccc(N(c2ccc3c(c2)c2ccccc2n3-c2ccccc2)c2cc3ccccc3cc2-c2ccc(-c3ccc4ccccc4c3)cc2)cc1. The molecule has 0 amide bonds. The monoisotopic (exact) mass is 662 g/mol. The Morgan fingerprint density at radius 2 is 0.904 bits per heavy atom. The first-order valence-corrected chi connectivity index (χ1v) is 17.8. The highest BCUT2D eigenvalue weighted by Crippen LogP contribution is 2.45. The molecule has 2 heteroatoms. The Kier molecular flexibility index (Phi) is 7.18. The van der Waals surface area contributed by atoms with Gasteiger partial charge in [0.25, 0.3) is 0 Å². The van der Waals surface area contributed by atoms with Crippen molar-refractivity contribution in [3.63, 3.8) is 0 Å².